The fourth-order valence-corrected chi connectivity index (χ4v) is 3.97. The molecule has 0 amide bonds. The molecule has 0 aromatic carbocycles. The number of hydrogen-bond acceptors (Lipinski definition) is 4. The van der Waals surface area contributed by atoms with E-state index in [1.807, 2.05) is 0 Å². The molecule has 0 rings (SSSR count). The van der Waals surface area contributed by atoms with Gasteiger partial charge in [0.1, 0.15) is 5.49 Å². The van der Waals surface area contributed by atoms with Gasteiger partial charge in [0.05, 0.1) is 13.2 Å². The van der Waals surface area contributed by atoms with Gasteiger partial charge in [-0.3, -0.25) is 8.77 Å². The first kappa shape index (κ1) is 12.3. The molecular weight excluding hydrogens is 199 g/mol. The van der Waals surface area contributed by atoms with Gasteiger partial charge in [-0.15, -0.1) is 0 Å². The van der Waals surface area contributed by atoms with Gasteiger partial charge in [0.25, 0.3) is 0 Å². The van der Waals surface area contributed by atoms with Crippen molar-refractivity contribution in [2.24, 2.45) is 0 Å². The summed E-state index contributed by atoms with van der Waals surface area (Å²) in [6, 6.07) is 0. The Labute approximate surface area is 75.6 Å². The molecule has 12 heavy (non-hydrogen) atoms. The van der Waals surface area contributed by atoms with Crippen LogP contribution in [0.2, 0.25) is 0 Å². The zero-order valence-electron chi connectivity index (χ0n) is 7.61. The minimum Gasteiger partial charge on any atom is -0.308 e. The summed E-state index contributed by atoms with van der Waals surface area (Å²) in [4.78, 5) is 0. The van der Waals surface area contributed by atoms with Gasteiger partial charge in [-0.1, -0.05) is 0 Å². The summed E-state index contributed by atoms with van der Waals surface area (Å²) in [5, 5.41) is 0. The van der Waals surface area contributed by atoms with Gasteiger partial charge in [0, 0.05) is 17.1 Å². The monoisotopic (exact) mass is 214 g/mol. The van der Waals surface area contributed by atoms with E-state index < -0.39 is 18.4 Å². The predicted molar refractivity (Wildman–Crippen MR) is 49.8 cm³/mol. The molecule has 0 saturated heterocycles. The highest BCUT2D eigenvalue weighted by molar-refractivity contribution is 7.91. The van der Waals surface area contributed by atoms with E-state index in [1.54, 1.807) is 13.8 Å². The molecule has 1 atom stereocenters. The van der Waals surface area contributed by atoms with Crippen LogP contribution in [0.4, 0.5) is 0 Å². The molecule has 0 aromatic heterocycles. The first-order chi connectivity index (χ1) is 5.54. The fourth-order valence-electron chi connectivity index (χ4n) is 0.728. The summed E-state index contributed by atoms with van der Waals surface area (Å²) in [5.41, 5.74) is -0.0192. The van der Waals surface area contributed by atoms with Gasteiger partial charge in [-0.2, -0.15) is 0 Å². The molecule has 0 aromatic rings. The topological polar surface area (TPSA) is 52.6 Å². The van der Waals surface area contributed by atoms with Crippen LogP contribution in [0.25, 0.3) is 0 Å². The molecule has 74 valence electrons. The van der Waals surface area contributed by atoms with Crippen molar-refractivity contribution in [2.75, 3.05) is 25.0 Å². The Bertz CT molecular complexity index is 184. The number of hydrogen-bond donors (Lipinski definition) is 0. The van der Waals surface area contributed by atoms with Crippen molar-refractivity contribution < 1.29 is 17.8 Å². The van der Waals surface area contributed by atoms with Crippen LogP contribution in [0.5, 0.6) is 0 Å². The van der Waals surface area contributed by atoms with Crippen molar-refractivity contribution in [1.82, 2.24) is 0 Å². The third-order valence-corrected chi connectivity index (χ3v) is 5.01. The van der Waals surface area contributed by atoms with Gasteiger partial charge in [0.2, 0.25) is 0 Å². The summed E-state index contributed by atoms with van der Waals surface area (Å²) in [6.07, 6.45) is 1.48. The molecule has 0 fully saturated rings. The summed E-state index contributed by atoms with van der Waals surface area (Å²) >= 11 is 0. The molecule has 6 heteroatoms. The Hall–Kier alpha value is 0.300. The average Bonchev–Trinajstić information content (AvgIpc) is 1.85. The van der Waals surface area contributed by atoms with E-state index in [9.17, 15) is 8.77 Å². The Balaban J connectivity index is 4.18. The molecule has 0 aliphatic carbocycles. The highest BCUT2D eigenvalue weighted by Gasteiger charge is 2.24. The summed E-state index contributed by atoms with van der Waals surface area (Å²) in [6.45, 7) is 4.08. The van der Waals surface area contributed by atoms with Crippen LogP contribution in [-0.2, 0) is 24.4 Å². The second-order valence-electron chi connectivity index (χ2n) is 2.15. The third kappa shape index (κ3) is 5.04. The van der Waals surface area contributed by atoms with Crippen molar-refractivity contribution in [2.45, 2.75) is 13.8 Å². The van der Waals surface area contributed by atoms with Gasteiger partial charge < -0.3 is 9.05 Å². The van der Waals surface area contributed by atoms with E-state index in [4.69, 9.17) is 9.05 Å². The Morgan fingerprint density at radius 3 is 1.92 bits per heavy atom. The third-order valence-electron chi connectivity index (χ3n) is 0.992. The molecule has 0 aliphatic heterocycles. The lowest BCUT2D eigenvalue weighted by atomic mass is 10.9. The van der Waals surface area contributed by atoms with Crippen LogP contribution in [0.15, 0.2) is 0 Å². The van der Waals surface area contributed by atoms with Gasteiger partial charge in [-0.25, -0.2) is 0 Å². The molecular formula is C6H15O4PS. The quantitative estimate of drug-likeness (QED) is 0.630. The fraction of sp³-hybridized carbons (Fsp3) is 1.00. The van der Waals surface area contributed by atoms with Crippen molar-refractivity contribution >= 4 is 18.4 Å². The van der Waals surface area contributed by atoms with E-state index in [1.165, 1.54) is 6.26 Å². The van der Waals surface area contributed by atoms with Crippen molar-refractivity contribution in [3.63, 3.8) is 0 Å². The van der Waals surface area contributed by atoms with Gasteiger partial charge >= 0.3 is 7.60 Å². The standard InChI is InChI=1S/C6H15O4PS/c1-4-9-11(7,10-5-2)6-12(3)8/h4-6H2,1-3H3/t12-/m0/s1. The van der Waals surface area contributed by atoms with Crippen LogP contribution in [0.1, 0.15) is 13.8 Å². The predicted octanol–water partition coefficient (Wildman–Crippen LogP) is 1.59. The lowest BCUT2D eigenvalue weighted by Gasteiger charge is -2.14. The van der Waals surface area contributed by atoms with E-state index in [-0.39, 0.29) is 5.49 Å². The number of rotatable bonds is 6. The average molecular weight is 214 g/mol. The highest BCUT2D eigenvalue weighted by Crippen LogP contribution is 2.48. The molecule has 0 radical (unpaired) electrons. The molecule has 0 saturated carbocycles. The summed E-state index contributed by atoms with van der Waals surface area (Å²) in [7, 11) is -4.23. The van der Waals surface area contributed by atoms with Crippen LogP contribution < -0.4 is 0 Å². The lowest BCUT2D eigenvalue weighted by molar-refractivity contribution is 0.224. The normalized spacial score (nSPS) is 14.6. The molecule has 0 spiro atoms. The minimum absolute atomic E-state index is 0.0192. The second-order valence-corrected chi connectivity index (χ2v) is 6.07. The summed E-state index contributed by atoms with van der Waals surface area (Å²) in [5.74, 6) is 0. The molecule has 0 N–H and O–H groups in total. The smallest absolute Gasteiger partial charge is 0.308 e. The Morgan fingerprint density at radius 1 is 1.25 bits per heavy atom. The maximum atomic E-state index is 11.6. The van der Waals surface area contributed by atoms with Gasteiger partial charge in [-0.05, 0) is 13.8 Å². The molecule has 0 bridgehead atoms. The second kappa shape index (κ2) is 5.86. The Morgan fingerprint density at radius 2 is 1.67 bits per heavy atom. The largest absolute Gasteiger partial charge is 0.343 e. The van der Waals surface area contributed by atoms with Crippen molar-refractivity contribution in [3.8, 4) is 0 Å². The van der Waals surface area contributed by atoms with Crippen molar-refractivity contribution in [3.05, 3.63) is 0 Å². The van der Waals surface area contributed by atoms with E-state index >= 15 is 0 Å². The molecule has 0 aliphatic rings. The minimum atomic E-state index is -3.08. The summed E-state index contributed by atoms with van der Waals surface area (Å²) < 4.78 is 32.2. The maximum absolute atomic E-state index is 11.6. The SMILES string of the molecule is CCOP(=O)(C[S@](C)=O)OCC. The Kier molecular flexibility index (Phi) is 6.01. The zero-order chi connectivity index (χ0) is 9.61. The van der Waals surface area contributed by atoms with E-state index in [0.29, 0.717) is 13.2 Å². The maximum Gasteiger partial charge on any atom is 0.343 e. The highest BCUT2D eigenvalue weighted by atomic mass is 32.2. The van der Waals surface area contributed by atoms with Crippen molar-refractivity contribution in [1.29, 1.82) is 0 Å². The van der Waals surface area contributed by atoms with Crippen LogP contribution >= 0.6 is 7.60 Å². The first-order valence-electron chi connectivity index (χ1n) is 3.72. The van der Waals surface area contributed by atoms with Crippen LogP contribution in [0, 0.1) is 0 Å². The molecule has 0 heterocycles. The van der Waals surface area contributed by atoms with Crippen LogP contribution in [0.3, 0.4) is 0 Å². The molecule has 0 unspecified atom stereocenters. The van der Waals surface area contributed by atoms with Crippen LogP contribution in [-0.4, -0.2) is 29.2 Å². The zero-order valence-corrected chi connectivity index (χ0v) is 9.32. The lowest BCUT2D eigenvalue weighted by Crippen LogP contribution is -2.03. The first-order valence-corrected chi connectivity index (χ1v) is 7.17. The molecule has 4 nitrogen and oxygen atoms in total. The van der Waals surface area contributed by atoms with Gasteiger partial charge in [0.15, 0.2) is 0 Å². The van der Waals surface area contributed by atoms with E-state index in [0.717, 1.165) is 0 Å². The van der Waals surface area contributed by atoms with E-state index in [2.05, 4.69) is 0 Å².